The van der Waals surface area contributed by atoms with Crippen LogP contribution in [0.3, 0.4) is 0 Å². The predicted molar refractivity (Wildman–Crippen MR) is 120 cm³/mol. The molecule has 1 N–H and O–H groups in total. The molecule has 5 rings (SSSR count). The molecule has 3 aliphatic heterocycles. The molecular formula is C23H34N6O. The zero-order valence-electron chi connectivity index (χ0n) is 17.9. The molecular weight excluding hydrogens is 376 g/mol. The summed E-state index contributed by atoms with van der Waals surface area (Å²) in [6, 6.07) is 8.97. The lowest BCUT2D eigenvalue weighted by molar-refractivity contribution is -0.139. The number of para-hydroxylation sites is 1. The van der Waals surface area contributed by atoms with E-state index in [0.717, 1.165) is 70.1 Å². The zero-order chi connectivity index (χ0) is 20.3. The number of H-pyrrole nitrogens is 1. The Morgan fingerprint density at radius 2 is 1.83 bits per heavy atom. The minimum atomic E-state index is 0.341. The molecule has 1 aromatic heterocycles. The molecule has 30 heavy (non-hydrogen) atoms. The summed E-state index contributed by atoms with van der Waals surface area (Å²) < 4.78 is 0. The Morgan fingerprint density at radius 3 is 2.73 bits per heavy atom. The Kier molecular flexibility index (Phi) is 5.91. The normalized spacial score (nSPS) is 23.9. The summed E-state index contributed by atoms with van der Waals surface area (Å²) in [6.07, 6.45) is 6.13. The van der Waals surface area contributed by atoms with Crippen LogP contribution in [0.2, 0.25) is 0 Å². The molecule has 0 radical (unpaired) electrons. The van der Waals surface area contributed by atoms with Crippen molar-refractivity contribution in [2.75, 3.05) is 63.8 Å². The van der Waals surface area contributed by atoms with Crippen LogP contribution in [-0.4, -0.2) is 95.7 Å². The van der Waals surface area contributed by atoms with Gasteiger partial charge in [-0.15, -0.1) is 0 Å². The molecule has 2 aromatic rings. The number of rotatable bonds is 6. The molecule has 4 heterocycles. The summed E-state index contributed by atoms with van der Waals surface area (Å²) in [5.41, 5.74) is 1.11. The summed E-state index contributed by atoms with van der Waals surface area (Å²) in [7, 11) is 0. The first-order valence-corrected chi connectivity index (χ1v) is 11.7. The van der Waals surface area contributed by atoms with Crippen molar-refractivity contribution >= 4 is 22.6 Å². The van der Waals surface area contributed by atoms with Crippen molar-refractivity contribution in [2.45, 2.75) is 38.1 Å². The summed E-state index contributed by atoms with van der Waals surface area (Å²) in [6.45, 7) is 9.00. The Balaban J connectivity index is 1.04. The number of anilines is 1. The van der Waals surface area contributed by atoms with Gasteiger partial charge in [0.1, 0.15) is 0 Å². The molecule has 7 nitrogen and oxygen atoms in total. The predicted octanol–water partition coefficient (Wildman–Crippen LogP) is 2.16. The van der Waals surface area contributed by atoms with Gasteiger partial charge in [0.15, 0.2) is 5.82 Å². The molecule has 1 aromatic carbocycles. The van der Waals surface area contributed by atoms with Gasteiger partial charge in [-0.25, -0.2) is 0 Å². The Bertz CT molecular complexity index is 858. The van der Waals surface area contributed by atoms with Crippen LogP contribution >= 0.6 is 0 Å². The van der Waals surface area contributed by atoms with Gasteiger partial charge in [-0.05, 0) is 50.9 Å². The van der Waals surface area contributed by atoms with E-state index in [-0.39, 0.29) is 0 Å². The van der Waals surface area contributed by atoms with Gasteiger partial charge in [-0.1, -0.05) is 18.6 Å². The maximum Gasteiger partial charge on any atom is 0.236 e. The maximum absolute atomic E-state index is 12.4. The minimum Gasteiger partial charge on any atom is -0.352 e. The SMILES string of the molecule is O=C1CN2CCCCC2CN1CCCCN1CCN(c2n[nH]c3ccccc23)CC1. The fourth-order valence-corrected chi connectivity index (χ4v) is 5.33. The summed E-state index contributed by atoms with van der Waals surface area (Å²) in [4.78, 5) is 21.9. The lowest BCUT2D eigenvalue weighted by atomic mass is 9.99. The van der Waals surface area contributed by atoms with Crippen LogP contribution in [-0.2, 0) is 4.79 Å². The Hall–Kier alpha value is -2.12. The van der Waals surface area contributed by atoms with E-state index >= 15 is 0 Å². The van der Waals surface area contributed by atoms with Gasteiger partial charge in [0, 0.05) is 50.7 Å². The van der Waals surface area contributed by atoms with Gasteiger partial charge in [-0.3, -0.25) is 19.7 Å². The monoisotopic (exact) mass is 410 g/mol. The van der Waals surface area contributed by atoms with Crippen molar-refractivity contribution in [1.29, 1.82) is 0 Å². The number of nitrogens with one attached hydrogen (secondary N) is 1. The van der Waals surface area contributed by atoms with Crippen molar-refractivity contribution in [2.24, 2.45) is 0 Å². The van der Waals surface area contributed by atoms with Gasteiger partial charge in [0.2, 0.25) is 5.91 Å². The third-order valence-electron chi connectivity index (χ3n) is 7.15. The number of carbonyl (C=O) groups is 1. The number of hydrogen-bond donors (Lipinski definition) is 1. The standard InChI is InChI=1S/C23H34N6O/c30-22-18-28-11-4-3-7-19(28)17-29(22)12-6-5-10-26-13-15-27(16-14-26)23-20-8-1-2-9-21(20)24-25-23/h1-2,8-9,19H,3-7,10-18H2,(H,24,25). The number of fused-ring (bicyclic) bond motifs is 2. The third-order valence-corrected chi connectivity index (χ3v) is 7.15. The van der Waals surface area contributed by atoms with Crippen molar-refractivity contribution in [3.05, 3.63) is 24.3 Å². The van der Waals surface area contributed by atoms with Gasteiger partial charge < -0.3 is 9.80 Å². The largest absolute Gasteiger partial charge is 0.352 e. The van der Waals surface area contributed by atoms with Gasteiger partial charge in [-0.2, -0.15) is 5.10 Å². The lowest BCUT2D eigenvalue weighted by Crippen LogP contribution is -2.57. The highest BCUT2D eigenvalue weighted by Gasteiger charge is 2.33. The first-order valence-electron chi connectivity index (χ1n) is 11.7. The Morgan fingerprint density at radius 1 is 1.00 bits per heavy atom. The van der Waals surface area contributed by atoms with Gasteiger partial charge >= 0.3 is 0 Å². The molecule has 7 heteroatoms. The third kappa shape index (κ3) is 4.18. The number of piperidine rings is 1. The smallest absolute Gasteiger partial charge is 0.236 e. The molecule has 0 aliphatic carbocycles. The highest BCUT2D eigenvalue weighted by molar-refractivity contribution is 5.90. The van der Waals surface area contributed by atoms with E-state index in [1.807, 2.05) is 6.07 Å². The Labute approximate surface area is 179 Å². The van der Waals surface area contributed by atoms with Crippen LogP contribution in [0.5, 0.6) is 0 Å². The zero-order valence-corrected chi connectivity index (χ0v) is 17.9. The highest BCUT2D eigenvalue weighted by Crippen LogP contribution is 2.25. The molecule has 0 bridgehead atoms. The van der Waals surface area contributed by atoms with E-state index in [9.17, 15) is 4.79 Å². The quantitative estimate of drug-likeness (QED) is 0.740. The first-order chi connectivity index (χ1) is 14.8. The molecule has 0 saturated carbocycles. The van der Waals surface area contributed by atoms with E-state index in [1.165, 1.54) is 31.1 Å². The second-order valence-corrected chi connectivity index (χ2v) is 9.09. The van der Waals surface area contributed by atoms with Crippen molar-refractivity contribution in [3.8, 4) is 0 Å². The topological polar surface area (TPSA) is 58.7 Å². The van der Waals surface area contributed by atoms with E-state index in [2.05, 4.69) is 48.0 Å². The fraction of sp³-hybridized carbons (Fsp3) is 0.652. The number of hydrogen-bond acceptors (Lipinski definition) is 5. The average Bonchev–Trinajstić information content (AvgIpc) is 3.21. The van der Waals surface area contributed by atoms with Crippen LogP contribution in [0.25, 0.3) is 10.9 Å². The number of aromatic nitrogens is 2. The van der Waals surface area contributed by atoms with E-state index < -0.39 is 0 Å². The summed E-state index contributed by atoms with van der Waals surface area (Å²) >= 11 is 0. The summed E-state index contributed by atoms with van der Waals surface area (Å²) in [5, 5.41) is 8.92. The first kappa shape index (κ1) is 19.8. The second-order valence-electron chi connectivity index (χ2n) is 9.09. The highest BCUT2D eigenvalue weighted by atomic mass is 16.2. The number of benzene rings is 1. The maximum atomic E-state index is 12.4. The molecule has 3 saturated heterocycles. The van der Waals surface area contributed by atoms with Crippen LogP contribution in [0.15, 0.2) is 24.3 Å². The molecule has 1 amide bonds. The van der Waals surface area contributed by atoms with Crippen molar-refractivity contribution in [1.82, 2.24) is 24.9 Å². The van der Waals surface area contributed by atoms with Crippen molar-refractivity contribution < 1.29 is 4.79 Å². The number of amides is 1. The van der Waals surface area contributed by atoms with Gasteiger partial charge in [0.05, 0.1) is 12.1 Å². The molecule has 0 spiro atoms. The van der Waals surface area contributed by atoms with Crippen LogP contribution in [0, 0.1) is 0 Å². The van der Waals surface area contributed by atoms with Crippen LogP contribution in [0.4, 0.5) is 5.82 Å². The number of nitrogens with zero attached hydrogens (tertiary/aromatic N) is 5. The fourth-order valence-electron chi connectivity index (χ4n) is 5.33. The van der Waals surface area contributed by atoms with Crippen LogP contribution < -0.4 is 4.90 Å². The molecule has 1 unspecified atom stereocenters. The number of aromatic amines is 1. The van der Waals surface area contributed by atoms with Crippen LogP contribution in [0.1, 0.15) is 32.1 Å². The second kappa shape index (κ2) is 8.94. The minimum absolute atomic E-state index is 0.341. The number of unbranched alkanes of at least 4 members (excludes halogenated alkanes) is 1. The average molecular weight is 411 g/mol. The molecule has 3 fully saturated rings. The van der Waals surface area contributed by atoms with E-state index in [1.54, 1.807) is 0 Å². The number of carbonyl (C=O) groups excluding carboxylic acids is 1. The molecule has 162 valence electrons. The number of piperazine rings is 2. The summed E-state index contributed by atoms with van der Waals surface area (Å²) in [5.74, 6) is 1.43. The van der Waals surface area contributed by atoms with Crippen molar-refractivity contribution in [3.63, 3.8) is 0 Å². The van der Waals surface area contributed by atoms with E-state index in [0.29, 0.717) is 18.5 Å². The molecule has 3 aliphatic rings. The molecule has 1 atom stereocenters. The van der Waals surface area contributed by atoms with Gasteiger partial charge in [0.25, 0.3) is 0 Å². The lowest BCUT2D eigenvalue weighted by Gasteiger charge is -2.43. The van der Waals surface area contributed by atoms with E-state index in [4.69, 9.17) is 0 Å².